The number of carbonyl (C=O) groups excluding carboxylic acids is 1. The summed E-state index contributed by atoms with van der Waals surface area (Å²) in [7, 11) is 0. The minimum absolute atomic E-state index is 0.0164. The number of benzene rings is 3. The normalized spacial score (nSPS) is 14.2. The third-order valence-electron chi connectivity index (χ3n) is 10.0. The van der Waals surface area contributed by atoms with Crippen LogP contribution in [0.3, 0.4) is 0 Å². The van der Waals surface area contributed by atoms with Crippen molar-refractivity contribution in [1.82, 2.24) is 34.7 Å². The Bertz CT molecular complexity index is 2740. The second-order valence-corrected chi connectivity index (χ2v) is 18.0. The number of esters is 1. The molecule has 3 aromatic carbocycles. The van der Waals surface area contributed by atoms with E-state index in [4.69, 9.17) is 79.5 Å². The van der Waals surface area contributed by atoms with Gasteiger partial charge >= 0.3 is 5.97 Å². The molecule has 0 aliphatic carbocycles. The number of halogens is 4. The van der Waals surface area contributed by atoms with E-state index in [1.54, 1.807) is 61.1 Å². The molecular formula is C47H45Cl4N7O7. The molecule has 338 valence electrons. The van der Waals surface area contributed by atoms with E-state index in [1.165, 1.54) is 6.39 Å². The number of pyridine rings is 2. The largest absolute Gasteiger partial charge is 0.488 e. The predicted molar refractivity (Wildman–Crippen MR) is 248 cm³/mol. The van der Waals surface area contributed by atoms with E-state index in [2.05, 4.69) is 29.7 Å². The Morgan fingerprint density at radius 1 is 0.769 bits per heavy atom. The highest BCUT2D eigenvalue weighted by Crippen LogP contribution is 2.30. The monoisotopic (exact) mass is 959 g/mol. The van der Waals surface area contributed by atoms with E-state index in [1.807, 2.05) is 57.2 Å². The molecule has 0 unspecified atom stereocenters. The van der Waals surface area contributed by atoms with Crippen LogP contribution in [-0.4, -0.2) is 79.4 Å². The lowest BCUT2D eigenvalue weighted by Gasteiger charge is -2.38. The minimum Gasteiger partial charge on any atom is -0.488 e. The number of imidazole rings is 1. The number of hydrogen-bond acceptors (Lipinski definition) is 13. The Hall–Kier alpha value is -5.61. The molecule has 4 aromatic heterocycles. The highest BCUT2D eigenvalue weighted by molar-refractivity contribution is 6.36. The fourth-order valence-corrected chi connectivity index (χ4v) is 7.70. The molecule has 18 heteroatoms. The van der Waals surface area contributed by atoms with E-state index in [-0.39, 0.29) is 24.8 Å². The van der Waals surface area contributed by atoms with Crippen molar-refractivity contribution in [3.05, 3.63) is 152 Å². The summed E-state index contributed by atoms with van der Waals surface area (Å²) in [5, 5.41) is 5.21. The zero-order valence-corrected chi connectivity index (χ0v) is 38.7. The Labute approximate surface area is 395 Å². The van der Waals surface area contributed by atoms with Gasteiger partial charge in [-0.2, -0.15) is 0 Å². The summed E-state index contributed by atoms with van der Waals surface area (Å²) in [6.07, 6.45) is 6.75. The fraction of sp³-hybridized carbons (Fsp3) is 0.298. The van der Waals surface area contributed by atoms with Crippen molar-refractivity contribution in [3.8, 4) is 23.0 Å². The van der Waals surface area contributed by atoms with Crippen molar-refractivity contribution < 1.29 is 32.9 Å². The molecule has 65 heavy (non-hydrogen) atoms. The molecule has 2 saturated heterocycles. The van der Waals surface area contributed by atoms with Crippen molar-refractivity contribution in [3.63, 3.8) is 0 Å². The Morgan fingerprint density at radius 2 is 1.38 bits per heavy atom. The van der Waals surface area contributed by atoms with Crippen LogP contribution < -0.4 is 24.3 Å². The number of nitrogens with one attached hydrogen (secondary N) is 1. The lowest BCUT2D eigenvalue weighted by molar-refractivity contribution is 0.00691. The SMILES string of the molecule is CC(C)(C)OC(=O)c1ccc2nc(CN3CC(Oc4ccnc(COc5ccc(Cl)cc5Cl)c4)C3)n(Cc3cnco3)c2c1.Clc1ccc(OCc2cc(OC3CNC3)ccn2)c(Cl)c1. The lowest BCUT2D eigenvalue weighted by Crippen LogP contribution is -2.53. The van der Waals surface area contributed by atoms with Gasteiger partial charge in [-0.25, -0.2) is 14.8 Å². The van der Waals surface area contributed by atoms with Gasteiger partial charge in [-0.15, -0.1) is 0 Å². The molecule has 14 nitrogen and oxygen atoms in total. The minimum atomic E-state index is -0.593. The molecule has 0 amide bonds. The third-order valence-corrected chi connectivity index (χ3v) is 11.1. The zero-order valence-electron chi connectivity index (χ0n) is 35.7. The summed E-state index contributed by atoms with van der Waals surface area (Å²) in [5.41, 5.74) is 2.98. The summed E-state index contributed by atoms with van der Waals surface area (Å²) in [4.78, 5) is 32.6. The molecule has 0 spiro atoms. The number of likely N-dealkylation sites (tertiary alicyclic amines) is 1. The molecule has 7 aromatic rings. The number of oxazole rings is 1. The van der Waals surface area contributed by atoms with Gasteiger partial charge in [0, 0.05) is 60.8 Å². The zero-order chi connectivity index (χ0) is 45.5. The van der Waals surface area contributed by atoms with Gasteiger partial charge < -0.3 is 38.0 Å². The average molecular weight is 962 g/mol. The standard InChI is InChI=1S/C32H31Cl2N5O5.C15H14Cl2N2O2/c1-32(2,3)44-31(40)20-4-6-27-28(10-20)39(16-24-13-35-19-42-24)30(37-27)17-38-14-25(15-38)43-23-8-9-36-22(12-23)18-41-29-7-5-21(33)11-26(29)34;16-10-1-2-15(14(17)5-10)20-9-11-6-12(3-4-19-11)21-13-7-18-8-13/h4-13,19,25H,14-18H2,1-3H3;1-6,13,18H,7-9H2. The van der Waals surface area contributed by atoms with Gasteiger partial charge in [-0.1, -0.05) is 46.4 Å². The van der Waals surface area contributed by atoms with Crippen LogP contribution in [0.15, 0.2) is 108 Å². The van der Waals surface area contributed by atoms with Crippen LogP contribution in [0.4, 0.5) is 0 Å². The van der Waals surface area contributed by atoms with Crippen LogP contribution >= 0.6 is 46.4 Å². The maximum absolute atomic E-state index is 12.8. The first kappa shape index (κ1) is 45.9. The predicted octanol–water partition coefficient (Wildman–Crippen LogP) is 9.89. The highest BCUT2D eigenvalue weighted by atomic mass is 35.5. The van der Waals surface area contributed by atoms with Crippen molar-refractivity contribution in [2.24, 2.45) is 0 Å². The summed E-state index contributed by atoms with van der Waals surface area (Å²) in [6.45, 7) is 10.4. The number of rotatable bonds is 15. The Balaban J connectivity index is 0.000000228. The van der Waals surface area contributed by atoms with Crippen LogP contribution in [0.2, 0.25) is 20.1 Å². The first-order valence-corrected chi connectivity index (χ1v) is 22.2. The molecule has 9 rings (SSSR count). The van der Waals surface area contributed by atoms with Crippen LogP contribution in [0, 0.1) is 0 Å². The fourth-order valence-electron chi connectivity index (χ4n) is 6.77. The van der Waals surface area contributed by atoms with Gasteiger partial charge in [0.2, 0.25) is 0 Å². The van der Waals surface area contributed by atoms with Crippen molar-refractivity contribution >= 4 is 63.4 Å². The summed E-state index contributed by atoms with van der Waals surface area (Å²) in [6, 6.07) is 23.1. The van der Waals surface area contributed by atoms with Crippen molar-refractivity contribution in [2.75, 3.05) is 26.2 Å². The van der Waals surface area contributed by atoms with E-state index >= 15 is 0 Å². The van der Waals surface area contributed by atoms with Crippen molar-refractivity contribution in [1.29, 1.82) is 0 Å². The first-order valence-electron chi connectivity index (χ1n) is 20.7. The number of nitrogens with zero attached hydrogens (tertiary/aromatic N) is 6. The lowest BCUT2D eigenvalue weighted by atomic mass is 10.1. The maximum Gasteiger partial charge on any atom is 0.338 e. The average Bonchev–Trinajstić information content (AvgIpc) is 3.88. The van der Waals surface area contributed by atoms with E-state index in [0.717, 1.165) is 65.9 Å². The van der Waals surface area contributed by atoms with Crippen LogP contribution in [-0.2, 0) is 31.0 Å². The molecule has 0 bridgehead atoms. The Kier molecular flexibility index (Phi) is 14.6. The molecule has 0 atom stereocenters. The molecule has 0 radical (unpaired) electrons. The molecular weight excluding hydrogens is 916 g/mol. The van der Waals surface area contributed by atoms with Crippen LogP contribution in [0.25, 0.3) is 11.0 Å². The second-order valence-electron chi connectivity index (χ2n) is 16.3. The molecule has 2 aliphatic heterocycles. The number of hydrogen-bond donors (Lipinski definition) is 1. The van der Waals surface area contributed by atoms with Gasteiger partial charge in [0.15, 0.2) is 6.39 Å². The van der Waals surface area contributed by atoms with Gasteiger partial charge in [0.05, 0.1) is 57.3 Å². The molecule has 2 aliphatic rings. The number of ether oxygens (including phenoxy) is 5. The molecule has 0 saturated carbocycles. The van der Waals surface area contributed by atoms with Gasteiger partial charge in [-0.3, -0.25) is 14.9 Å². The van der Waals surface area contributed by atoms with E-state index in [0.29, 0.717) is 62.6 Å². The molecule has 1 N–H and O–H groups in total. The second kappa shape index (κ2) is 20.7. The van der Waals surface area contributed by atoms with E-state index < -0.39 is 5.60 Å². The number of aromatic nitrogens is 5. The maximum atomic E-state index is 12.8. The Morgan fingerprint density at radius 3 is 1.92 bits per heavy atom. The highest BCUT2D eigenvalue weighted by Gasteiger charge is 2.30. The smallest absolute Gasteiger partial charge is 0.338 e. The van der Waals surface area contributed by atoms with Gasteiger partial charge in [-0.05, 0) is 87.5 Å². The third kappa shape index (κ3) is 12.6. The summed E-state index contributed by atoms with van der Waals surface area (Å²) < 4.78 is 36.7. The quantitative estimate of drug-likeness (QED) is 0.0974. The van der Waals surface area contributed by atoms with E-state index in [9.17, 15) is 4.79 Å². The summed E-state index contributed by atoms with van der Waals surface area (Å²) in [5.74, 6) is 3.80. The van der Waals surface area contributed by atoms with Crippen LogP contribution in [0.1, 0.15) is 54.1 Å². The number of fused-ring (bicyclic) bond motifs is 1. The van der Waals surface area contributed by atoms with Crippen LogP contribution in [0.5, 0.6) is 23.0 Å². The van der Waals surface area contributed by atoms with Gasteiger partial charge in [0.1, 0.15) is 65.6 Å². The molecule has 2 fully saturated rings. The summed E-state index contributed by atoms with van der Waals surface area (Å²) >= 11 is 24.1. The van der Waals surface area contributed by atoms with Gasteiger partial charge in [0.25, 0.3) is 0 Å². The molecule has 6 heterocycles. The number of carbonyl (C=O) groups is 1. The first-order chi connectivity index (χ1) is 31.3. The van der Waals surface area contributed by atoms with Crippen molar-refractivity contribution in [2.45, 2.75) is 64.9 Å². The topological polar surface area (TPSA) is 148 Å².